The number of para-hydroxylation sites is 1. The lowest BCUT2D eigenvalue weighted by Crippen LogP contribution is -2.53. The van der Waals surface area contributed by atoms with Crippen molar-refractivity contribution >= 4 is 11.6 Å². The van der Waals surface area contributed by atoms with Crippen molar-refractivity contribution in [1.82, 2.24) is 0 Å². The normalized spacial score (nSPS) is 25.9. The minimum Gasteiger partial charge on any atom is -0.380 e. The van der Waals surface area contributed by atoms with Gasteiger partial charge >= 0.3 is 0 Å². The van der Waals surface area contributed by atoms with Crippen molar-refractivity contribution in [3.8, 4) is 0 Å². The minimum absolute atomic E-state index is 0.160. The van der Waals surface area contributed by atoms with E-state index >= 15 is 0 Å². The van der Waals surface area contributed by atoms with Gasteiger partial charge in [0.1, 0.15) is 5.60 Å². The summed E-state index contributed by atoms with van der Waals surface area (Å²) >= 11 is 0. The fraction of sp³-hybridized carbons (Fsp3) is 0.462. The zero-order valence-corrected chi connectivity index (χ0v) is 9.52. The molecule has 0 saturated carbocycles. The molecule has 2 rings (SSSR count). The average Bonchev–Trinajstić information content (AvgIpc) is 2.34. The molecule has 1 heterocycles. The van der Waals surface area contributed by atoms with Gasteiger partial charge in [-0.05, 0) is 31.4 Å². The van der Waals surface area contributed by atoms with Crippen LogP contribution in [0.4, 0.5) is 5.69 Å². The van der Waals surface area contributed by atoms with Crippen LogP contribution in [0.3, 0.4) is 0 Å². The predicted octanol–water partition coefficient (Wildman–Crippen LogP) is 1.95. The monoisotopic (exact) mass is 219 g/mol. The SMILES string of the molecule is CCC1(O)CCCN(c2ccccc2)C1=O. The molecule has 1 fully saturated rings. The van der Waals surface area contributed by atoms with Crippen molar-refractivity contribution in [3.05, 3.63) is 30.3 Å². The van der Waals surface area contributed by atoms with E-state index in [9.17, 15) is 9.90 Å². The first kappa shape index (κ1) is 11.1. The topological polar surface area (TPSA) is 40.5 Å². The van der Waals surface area contributed by atoms with Crippen LogP contribution in [0, 0.1) is 0 Å². The molecule has 1 aromatic carbocycles. The van der Waals surface area contributed by atoms with Gasteiger partial charge in [0.05, 0.1) is 0 Å². The van der Waals surface area contributed by atoms with Crippen molar-refractivity contribution in [2.75, 3.05) is 11.4 Å². The fourth-order valence-electron chi connectivity index (χ4n) is 2.17. The molecule has 16 heavy (non-hydrogen) atoms. The molecule has 86 valence electrons. The van der Waals surface area contributed by atoms with E-state index in [-0.39, 0.29) is 5.91 Å². The van der Waals surface area contributed by atoms with Gasteiger partial charge in [0.25, 0.3) is 5.91 Å². The van der Waals surface area contributed by atoms with Gasteiger partial charge in [0, 0.05) is 12.2 Å². The summed E-state index contributed by atoms with van der Waals surface area (Å²) in [6.45, 7) is 2.55. The van der Waals surface area contributed by atoms with Gasteiger partial charge in [-0.2, -0.15) is 0 Å². The van der Waals surface area contributed by atoms with Crippen LogP contribution in [0.15, 0.2) is 30.3 Å². The Morgan fingerprint density at radius 2 is 2.06 bits per heavy atom. The summed E-state index contributed by atoms with van der Waals surface area (Å²) in [5.74, 6) is -0.160. The largest absolute Gasteiger partial charge is 0.380 e. The zero-order valence-electron chi connectivity index (χ0n) is 9.52. The van der Waals surface area contributed by atoms with E-state index in [1.54, 1.807) is 4.90 Å². The van der Waals surface area contributed by atoms with Crippen LogP contribution < -0.4 is 4.90 Å². The molecule has 0 radical (unpaired) electrons. The highest BCUT2D eigenvalue weighted by atomic mass is 16.3. The predicted molar refractivity (Wildman–Crippen MR) is 63.3 cm³/mol. The Bertz CT molecular complexity index is 377. The van der Waals surface area contributed by atoms with Crippen molar-refractivity contribution in [3.63, 3.8) is 0 Å². The van der Waals surface area contributed by atoms with Gasteiger partial charge in [-0.25, -0.2) is 0 Å². The fourth-order valence-corrected chi connectivity index (χ4v) is 2.17. The van der Waals surface area contributed by atoms with Gasteiger partial charge in [-0.1, -0.05) is 25.1 Å². The van der Waals surface area contributed by atoms with Gasteiger partial charge < -0.3 is 10.0 Å². The van der Waals surface area contributed by atoms with Crippen LogP contribution in [0.5, 0.6) is 0 Å². The number of piperidine rings is 1. The summed E-state index contributed by atoms with van der Waals surface area (Å²) in [6, 6.07) is 9.53. The Labute approximate surface area is 95.7 Å². The highest BCUT2D eigenvalue weighted by Crippen LogP contribution is 2.29. The standard InChI is InChI=1S/C13H17NO2/c1-2-13(16)9-6-10-14(12(13)15)11-7-4-3-5-8-11/h3-5,7-8,16H,2,6,9-10H2,1H3. The highest BCUT2D eigenvalue weighted by molar-refractivity contribution is 6.00. The van der Waals surface area contributed by atoms with Crippen molar-refractivity contribution < 1.29 is 9.90 Å². The van der Waals surface area contributed by atoms with Crippen LogP contribution in [0.2, 0.25) is 0 Å². The lowest BCUT2D eigenvalue weighted by molar-refractivity contribution is -0.140. The molecule has 0 aromatic heterocycles. The van der Waals surface area contributed by atoms with E-state index in [4.69, 9.17) is 0 Å². The Morgan fingerprint density at radius 3 is 2.69 bits per heavy atom. The second-order valence-electron chi connectivity index (χ2n) is 4.28. The van der Waals surface area contributed by atoms with E-state index in [2.05, 4.69) is 0 Å². The molecule has 0 spiro atoms. The molecule has 1 amide bonds. The van der Waals surface area contributed by atoms with Crippen LogP contribution in [0.25, 0.3) is 0 Å². The molecular formula is C13H17NO2. The van der Waals surface area contributed by atoms with E-state index in [0.29, 0.717) is 19.4 Å². The highest BCUT2D eigenvalue weighted by Gasteiger charge is 2.40. The van der Waals surface area contributed by atoms with Crippen LogP contribution >= 0.6 is 0 Å². The molecule has 1 unspecified atom stereocenters. The Morgan fingerprint density at radius 1 is 1.38 bits per heavy atom. The molecular weight excluding hydrogens is 202 g/mol. The maximum atomic E-state index is 12.2. The van der Waals surface area contributed by atoms with Crippen LogP contribution in [-0.2, 0) is 4.79 Å². The van der Waals surface area contributed by atoms with Gasteiger partial charge in [-0.3, -0.25) is 4.79 Å². The van der Waals surface area contributed by atoms with Crippen molar-refractivity contribution in [2.45, 2.75) is 31.8 Å². The second kappa shape index (κ2) is 4.26. The lowest BCUT2D eigenvalue weighted by Gasteiger charge is -2.37. The van der Waals surface area contributed by atoms with Crippen LogP contribution in [0.1, 0.15) is 26.2 Å². The quantitative estimate of drug-likeness (QED) is 0.826. The van der Waals surface area contributed by atoms with E-state index in [1.165, 1.54) is 0 Å². The van der Waals surface area contributed by atoms with Crippen LogP contribution in [-0.4, -0.2) is 23.2 Å². The summed E-state index contributed by atoms with van der Waals surface area (Å²) in [7, 11) is 0. The molecule has 0 aliphatic carbocycles. The Hall–Kier alpha value is -1.35. The number of carbonyl (C=O) groups is 1. The summed E-state index contributed by atoms with van der Waals surface area (Å²) in [5.41, 5.74) is -0.284. The van der Waals surface area contributed by atoms with Gasteiger partial charge in [0.2, 0.25) is 0 Å². The number of carbonyl (C=O) groups excluding carboxylic acids is 1. The average molecular weight is 219 g/mol. The third-order valence-corrected chi connectivity index (χ3v) is 3.27. The molecule has 1 saturated heterocycles. The molecule has 1 aromatic rings. The van der Waals surface area contributed by atoms with Gasteiger partial charge in [0.15, 0.2) is 0 Å². The van der Waals surface area contributed by atoms with E-state index in [0.717, 1.165) is 12.1 Å². The molecule has 1 aliphatic rings. The van der Waals surface area contributed by atoms with Gasteiger partial charge in [-0.15, -0.1) is 0 Å². The first-order valence-electron chi connectivity index (χ1n) is 5.77. The summed E-state index contributed by atoms with van der Waals surface area (Å²) in [4.78, 5) is 13.8. The van der Waals surface area contributed by atoms with E-state index < -0.39 is 5.60 Å². The summed E-state index contributed by atoms with van der Waals surface area (Å²) in [5, 5.41) is 10.2. The first-order chi connectivity index (χ1) is 7.67. The smallest absolute Gasteiger partial charge is 0.258 e. The van der Waals surface area contributed by atoms with Crippen molar-refractivity contribution in [2.24, 2.45) is 0 Å². The molecule has 3 heteroatoms. The number of benzene rings is 1. The minimum atomic E-state index is -1.16. The maximum Gasteiger partial charge on any atom is 0.258 e. The summed E-state index contributed by atoms with van der Waals surface area (Å²) < 4.78 is 0. The number of anilines is 1. The number of rotatable bonds is 2. The third-order valence-electron chi connectivity index (χ3n) is 3.27. The maximum absolute atomic E-state index is 12.2. The molecule has 3 nitrogen and oxygen atoms in total. The Balaban J connectivity index is 2.27. The molecule has 1 N–H and O–H groups in total. The number of amides is 1. The lowest BCUT2D eigenvalue weighted by atomic mass is 9.89. The number of nitrogens with zero attached hydrogens (tertiary/aromatic N) is 1. The number of aliphatic hydroxyl groups is 1. The molecule has 1 aliphatic heterocycles. The van der Waals surface area contributed by atoms with Crippen molar-refractivity contribution in [1.29, 1.82) is 0 Å². The zero-order chi connectivity index (χ0) is 11.6. The Kier molecular flexibility index (Phi) is 2.97. The third kappa shape index (κ3) is 1.83. The summed E-state index contributed by atoms with van der Waals surface area (Å²) in [6.07, 6.45) is 1.91. The van der Waals surface area contributed by atoms with E-state index in [1.807, 2.05) is 37.3 Å². The number of hydrogen-bond donors (Lipinski definition) is 1. The molecule has 0 bridgehead atoms. The number of hydrogen-bond acceptors (Lipinski definition) is 2. The second-order valence-corrected chi connectivity index (χ2v) is 4.28. The molecule has 1 atom stereocenters. The first-order valence-corrected chi connectivity index (χ1v) is 5.77.